The standard InChI is InChI=1S/C38H52NO2P/c1-27(2)24-38(25-28(3)4,41-42(32-17-13-11-14-18-32)33-19-15-12-16-20-33)34-26-40-35(39-34)29-21-30(36(5,6)7)23-31(22-29)37(8,9)10/h11-23,27-28,34H,24-26H2,1-10H3/t34-/m0/s1. The Morgan fingerprint density at radius 3 is 1.60 bits per heavy atom. The summed E-state index contributed by atoms with van der Waals surface area (Å²) in [4.78, 5) is 5.40. The molecule has 0 fully saturated rings. The van der Waals surface area contributed by atoms with Gasteiger partial charge in [-0.3, -0.25) is 0 Å². The smallest absolute Gasteiger partial charge is 0.216 e. The highest BCUT2D eigenvalue weighted by Crippen LogP contribution is 2.48. The molecule has 0 unspecified atom stereocenters. The molecule has 0 spiro atoms. The van der Waals surface area contributed by atoms with Crippen molar-refractivity contribution >= 4 is 24.7 Å². The normalized spacial score (nSPS) is 16.3. The van der Waals surface area contributed by atoms with Gasteiger partial charge in [0.1, 0.15) is 12.6 Å². The fourth-order valence-corrected chi connectivity index (χ4v) is 7.88. The van der Waals surface area contributed by atoms with Crippen LogP contribution in [0.1, 0.15) is 98.8 Å². The molecule has 0 bridgehead atoms. The second-order valence-corrected chi connectivity index (χ2v) is 16.7. The number of hydrogen-bond donors (Lipinski definition) is 0. The summed E-state index contributed by atoms with van der Waals surface area (Å²) in [6, 6.07) is 28.3. The highest BCUT2D eigenvalue weighted by molar-refractivity contribution is 7.68. The zero-order valence-electron chi connectivity index (χ0n) is 27.6. The van der Waals surface area contributed by atoms with Crippen molar-refractivity contribution in [1.82, 2.24) is 0 Å². The van der Waals surface area contributed by atoms with Crippen molar-refractivity contribution in [3.05, 3.63) is 95.6 Å². The summed E-state index contributed by atoms with van der Waals surface area (Å²) in [5.74, 6) is 1.65. The topological polar surface area (TPSA) is 30.8 Å². The lowest BCUT2D eigenvalue weighted by Gasteiger charge is -2.42. The van der Waals surface area contributed by atoms with Crippen LogP contribution in [0, 0.1) is 11.8 Å². The Kier molecular flexibility index (Phi) is 10.1. The van der Waals surface area contributed by atoms with Crippen molar-refractivity contribution < 1.29 is 9.26 Å². The molecule has 0 N–H and O–H groups in total. The van der Waals surface area contributed by atoms with Crippen LogP contribution in [-0.4, -0.2) is 24.1 Å². The van der Waals surface area contributed by atoms with Crippen LogP contribution in [0.4, 0.5) is 0 Å². The van der Waals surface area contributed by atoms with Crippen LogP contribution in [0.15, 0.2) is 83.9 Å². The second kappa shape index (κ2) is 13.0. The van der Waals surface area contributed by atoms with Crippen LogP contribution < -0.4 is 10.6 Å². The summed E-state index contributed by atoms with van der Waals surface area (Å²) in [5.41, 5.74) is 3.28. The fraction of sp³-hybridized carbons (Fsp3) is 0.500. The van der Waals surface area contributed by atoms with Gasteiger partial charge in [0, 0.05) is 16.2 Å². The zero-order valence-corrected chi connectivity index (χ0v) is 28.5. The number of nitrogens with zero attached hydrogens (tertiary/aromatic N) is 1. The highest BCUT2D eigenvalue weighted by Gasteiger charge is 2.46. The van der Waals surface area contributed by atoms with Crippen molar-refractivity contribution in [2.24, 2.45) is 16.8 Å². The van der Waals surface area contributed by atoms with E-state index in [-0.39, 0.29) is 16.9 Å². The van der Waals surface area contributed by atoms with E-state index in [1.807, 2.05) is 0 Å². The van der Waals surface area contributed by atoms with Gasteiger partial charge in [0.2, 0.25) is 5.90 Å². The maximum Gasteiger partial charge on any atom is 0.216 e. The van der Waals surface area contributed by atoms with Crippen LogP contribution in [-0.2, 0) is 20.1 Å². The lowest BCUT2D eigenvalue weighted by atomic mass is 9.79. The van der Waals surface area contributed by atoms with E-state index in [2.05, 4.69) is 148 Å². The first-order valence-corrected chi connectivity index (χ1v) is 16.9. The highest BCUT2D eigenvalue weighted by atomic mass is 31.1. The SMILES string of the molecule is CC(C)CC(CC(C)C)(OP(c1ccccc1)c1ccccc1)[C@@H]1COC(c2cc(C(C)(C)C)cc(C(C)(C)C)c2)=N1. The summed E-state index contributed by atoms with van der Waals surface area (Å²) in [7, 11) is -1.05. The first kappa shape index (κ1) is 32.4. The third kappa shape index (κ3) is 7.91. The van der Waals surface area contributed by atoms with Crippen molar-refractivity contribution in [1.29, 1.82) is 0 Å². The van der Waals surface area contributed by atoms with E-state index in [1.54, 1.807) is 0 Å². The Balaban J connectivity index is 1.83. The van der Waals surface area contributed by atoms with Gasteiger partial charge in [-0.2, -0.15) is 0 Å². The van der Waals surface area contributed by atoms with Crippen molar-refractivity contribution in [2.45, 2.75) is 105 Å². The minimum atomic E-state index is -1.05. The van der Waals surface area contributed by atoms with Gasteiger partial charge in [0.15, 0.2) is 0 Å². The van der Waals surface area contributed by atoms with E-state index in [9.17, 15) is 0 Å². The Morgan fingerprint density at radius 2 is 1.19 bits per heavy atom. The van der Waals surface area contributed by atoms with Gasteiger partial charge in [-0.15, -0.1) is 0 Å². The summed E-state index contributed by atoms with van der Waals surface area (Å²) < 4.78 is 14.1. The Morgan fingerprint density at radius 1 is 0.738 bits per heavy atom. The number of benzene rings is 3. The molecule has 0 aliphatic carbocycles. The molecule has 0 aromatic heterocycles. The molecule has 42 heavy (non-hydrogen) atoms. The molecule has 3 nitrogen and oxygen atoms in total. The molecule has 226 valence electrons. The maximum atomic E-state index is 7.53. The van der Waals surface area contributed by atoms with Crippen LogP contribution in [0.25, 0.3) is 0 Å². The lowest BCUT2D eigenvalue weighted by molar-refractivity contribution is 0.00892. The Hall–Kier alpha value is -2.48. The monoisotopic (exact) mass is 585 g/mol. The molecular weight excluding hydrogens is 533 g/mol. The third-order valence-corrected chi connectivity index (χ3v) is 10.0. The molecule has 0 radical (unpaired) electrons. The van der Waals surface area contributed by atoms with Gasteiger partial charge in [0.05, 0.1) is 13.7 Å². The van der Waals surface area contributed by atoms with E-state index < -0.39 is 13.7 Å². The fourth-order valence-electron chi connectivity index (χ4n) is 5.85. The van der Waals surface area contributed by atoms with Crippen LogP contribution >= 0.6 is 8.15 Å². The van der Waals surface area contributed by atoms with Gasteiger partial charge >= 0.3 is 0 Å². The lowest BCUT2D eigenvalue weighted by Crippen LogP contribution is -2.47. The van der Waals surface area contributed by atoms with E-state index in [0.717, 1.165) is 24.3 Å². The Bertz CT molecular complexity index is 1250. The molecular formula is C38H52NO2P. The average Bonchev–Trinajstić information content (AvgIpc) is 3.42. The molecule has 3 aromatic carbocycles. The van der Waals surface area contributed by atoms with Gasteiger partial charge < -0.3 is 9.26 Å². The van der Waals surface area contributed by atoms with Gasteiger partial charge in [-0.25, -0.2) is 4.99 Å². The molecule has 0 saturated carbocycles. The molecule has 1 heterocycles. The van der Waals surface area contributed by atoms with E-state index in [4.69, 9.17) is 14.3 Å². The molecule has 4 rings (SSSR count). The zero-order chi connectivity index (χ0) is 30.7. The summed E-state index contributed by atoms with van der Waals surface area (Å²) in [6.07, 6.45) is 1.84. The van der Waals surface area contributed by atoms with Crippen LogP contribution in [0.2, 0.25) is 0 Å². The average molecular weight is 586 g/mol. The first-order chi connectivity index (χ1) is 19.7. The molecule has 1 aliphatic rings. The molecule has 3 aromatic rings. The Labute approximate surface area is 257 Å². The molecule has 0 saturated heterocycles. The number of aliphatic imine (C=N–C) groups is 1. The first-order valence-electron chi connectivity index (χ1n) is 15.6. The molecule has 4 heteroatoms. The number of ether oxygens (including phenoxy) is 1. The predicted molar refractivity (Wildman–Crippen MR) is 182 cm³/mol. The maximum absolute atomic E-state index is 7.53. The minimum absolute atomic E-state index is 0.0257. The van der Waals surface area contributed by atoms with Crippen LogP contribution in [0.5, 0.6) is 0 Å². The van der Waals surface area contributed by atoms with Crippen molar-refractivity contribution in [2.75, 3.05) is 6.61 Å². The third-order valence-electron chi connectivity index (χ3n) is 7.93. The molecule has 1 atom stereocenters. The van der Waals surface area contributed by atoms with Crippen LogP contribution in [0.3, 0.4) is 0 Å². The van der Waals surface area contributed by atoms with Gasteiger partial charge in [-0.05, 0) is 58.8 Å². The van der Waals surface area contributed by atoms with E-state index >= 15 is 0 Å². The second-order valence-electron chi connectivity index (χ2n) is 14.9. The quantitative estimate of drug-likeness (QED) is 0.222. The van der Waals surface area contributed by atoms with Gasteiger partial charge in [-0.1, -0.05) is 136 Å². The summed E-state index contributed by atoms with van der Waals surface area (Å²) in [5, 5.41) is 2.46. The van der Waals surface area contributed by atoms with Crippen molar-refractivity contribution in [3.8, 4) is 0 Å². The molecule has 1 aliphatic heterocycles. The molecule has 0 amide bonds. The number of rotatable bonds is 10. The predicted octanol–water partition coefficient (Wildman–Crippen LogP) is 9.32. The number of hydrogen-bond acceptors (Lipinski definition) is 3. The van der Waals surface area contributed by atoms with Crippen molar-refractivity contribution in [3.63, 3.8) is 0 Å². The summed E-state index contributed by atoms with van der Waals surface area (Å²) >= 11 is 0. The van der Waals surface area contributed by atoms with E-state index in [1.165, 1.54) is 21.7 Å². The van der Waals surface area contributed by atoms with E-state index in [0.29, 0.717) is 18.4 Å². The van der Waals surface area contributed by atoms with Gasteiger partial charge in [0.25, 0.3) is 0 Å². The minimum Gasteiger partial charge on any atom is -0.475 e. The largest absolute Gasteiger partial charge is 0.475 e. The summed E-state index contributed by atoms with van der Waals surface area (Å²) in [6.45, 7) is 23.4.